The van der Waals surface area contributed by atoms with E-state index in [1.807, 2.05) is 6.07 Å². The molecule has 3 nitrogen and oxygen atoms in total. The molecule has 2 rings (SSSR count). The standard InChI is InChI=1S/C16H11BrFNO2/c17-14-8-6-13(7-9-14)16(18,11-19)15(20)21-10-12-4-2-1-3-5-12/h1-9H,10H2. The summed E-state index contributed by atoms with van der Waals surface area (Å²) in [6, 6.07) is 16.1. The molecule has 0 radical (unpaired) electrons. The Bertz CT molecular complexity index is 667. The number of carbonyl (C=O) groups is 1. The summed E-state index contributed by atoms with van der Waals surface area (Å²) < 4.78 is 20.3. The van der Waals surface area contributed by atoms with Crippen LogP contribution in [0.4, 0.5) is 4.39 Å². The van der Waals surface area contributed by atoms with Gasteiger partial charge in [0.1, 0.15) is 12.7 Å². The molecule has 5 heteroatoms. The summed E-state index contributed by atoms with van der Waals surface area (Å²) in [6.07, 6.45) is 0. The van der Waals surface area contributed by atoms with Gasteiger partial charge >= 0.3 is 11.6 Å². The van der Waals surface area contributed by atoms with E-state index in [-0.39, 0.29) is 12.2 Å². The molecule has 0 saturated carbocycles. The quantitative estimate of drug-likeness (QED) is 0.788. The van der Waals surface area contributed by atoms with Crippen LogP contribution in [0.5, 0.6) is 0 Å². The number of benzene rings is 2. The number of hydrogen-bond acceptors (Lipinski definition) is 3. The molecule has 21 heavy (non-hydrogen) atoms. The number of nitriles is 1. The van der Waals surface area contributed by atoms with Crippen LogP contribution in [0.2, 0.25) is 0 Å². The van der Waals surface area contributed by atoms with E-state index < -0.39 is 11.6 Å². The van der Waals surface area contributed by atoms with Gasteiger partial charge in [-0.2, -0.15) is 5.26 Å². The van der Waals surface area contributed by atoms with E-state index in [9.17, 15) is 9.18 Å². The zero-order valence-corrected chi connectivity index (χ0v) is 12.5. The molecule has 0 aliphatic heterocycles. The molecule has 0 heterocycles. The summed E-state index contributed by atoms with van der Waals surface area (Å²) in [7, 11) is 0. The van der Waals surface area contributed by atoms with Crippen LogP contribution >= 0.6 is 15.9 Å². The van der Waals surface area contributed by atoms with Gasteiger partial charge in [0, 0.05) is 10.0 Å². The number of esters is 1. The smallest absolute Gasteiger partial charge is 0.364 e. The number of rotatable bonds is 4. The molecule has 0 N–H and O–H groups in total. The van der Waals surface area contributed by atoms with E-state index in [4.69, 9.17) is 10.00 Å². The largest absolute Gasteiger partial charge is 0.457 e. The lowest BCUT2D eigenvalue weighted by Crippen LogP contribution is -2.31. The SMILES string of the molecule is N#CC(F)(C(=O)OCc1ccccc1)c1ccc(Br)cc1. The van der Waals surface area contributed by atoms with Crippen molar-refractivity contribution in [2.45, 2.75) is 12.3 Å². The molecule has 0 aromatic heterocycles. The average Bonchev–Trinajstić information content (AvgIpc) is 2.53. The van der Waals surface area contributed by atoms with Crippen LogP contribution in [0, 0.1) is 11.3 Å². The number of halogens is 2. The van der Waals surface area contributed by atoms with Gasteiger partial charge in [-0.05, 0) is 17.7 Å². The second-order valence-electron chi connectivity index (χ2n) is 4.34. The van der Waals surface area contributed by atoms with Gasteiger partial charge in [-0.3, -0.25) is 0 Å². The maximum atomic E-state index is 14.6. The monoisotopic (exact) mass is 347 g/mol. The Balaban J connectivity index is 2.14. The topological polar surface area (TPSA) is 50.1 Å². The molecule has 106 valence electrons. The third-order valence-electron chi connectivity index (χ3n) is 2.89. The molecule has 0 spiro atoms. The fourth-order valence-corrected chi connectivity index (χ4v) is 1.99. The van der Waals surface area contributed by atoms with Crippen molar-refractivity contribution in [1.82, 2.24) is 0 Å². The molecule has 2 aromatic carbocycles. The van der Waals surface area contributed by atoms with E-state index in [1.165, 1.54) is 18.2 Å². The lowest BCUT2D eigenvalue weighted by Gasteiger charge is -2.16. The van der Waals surface area contributed by atoms with Crippen molar-refractivity contribution >= 4 is 21.9 Å². The van der Waals surface area contributed by atoms with E-state index in [1.54, 1.807) is 36.4 Å². The predicted octanol–water partition coefficient (Wildman–Crippen LogP) is 3.88. The first-order valence-corrected chi connectivity index (χ1v) is 6.93. The third kappa shape index (κ3) is 3.47. The summed E-state index contributed by atoms with van der Waals surface area (Å²) in [4.78, 5) is 11.9. The Morgan fingerprint density at radius 3 is 2.38 bits per heavy atom. The molecular weight excluding hydrogens is 337 g/mol. The zero-order chi connectivity index (χ0) is 15.3. The third-order valence-corrected chi connectivity index (χ3v) is 3.42. The minimum Gasteiger partial charge on any atom is -0.457 e. The number of hydrogen-bond donors (Lipinski definition) is 0. The van der Waals surface area contributed by atoms with Gasteiger partial charge in [-0.25, -0.2) is 9.18 Å². The van der Waals surface area contributed by atoms with E-state index >= 15 is 0 Å². The second kappa shape index (κ2) is 6.51. The lowest BCUT2D eigenvalue weighted by molar-refractivity contribution is -0.156. The molecule has 1 unspecified atom stereocenters. The Labute approximate surface area is 130 Å². The van der Waals surface area contributed by atoms with E-state index in [0.29, 0.717) is 0 Å². The fourth-order valence-electron chi connectivity index (χ4n) is 1.73. The number of alkyl halides is 1. The van der Waals surface area contributed by atoms with Crippen molar-refractivity contribution in [3.05, 3.63) is 70.2 Å². The average molecular weight is 348 g/mol. The normalized spacial score (nSPS) is 13.0. The molecule has 0 aliphatic rings. The molecule has 0 saturated heterocycles. The van der Waals surface area contributed by atoms with Crippen molar-refractivity contribution in [2.75, 3.05) is 0 Å². The maximum Gasteiger partial charge on any atom is 0.364 e. The minimum absolute atomic E-state index is 0.0498. The summed E-state index contributed by atoms with van der Waals surface area (Å²) >= 11 is 3.21. The lowest BCUT2D eigenvalue weighted by atomic mass is 9.97. The van der Waals surface area contributed by atoms with Gasteiger partial charge in [0.25, 0.3) is 0 Å². The predicted molar refractivity (Wildman–Crippen MR) is 78.8 cm³/mol. The Morgan fingerprint density at radius 1 is 1.19 bits per heavy atom. The molecule has 0 fully saturated rings. The zero-order valence-electron chi connectivity index (χ0n) is 10.9. The van der Waals surface area contributed by atoms with Crippen molar-refractivity contribution in [3.63, 3.8) is 0 Å². The van der Waals surface area contributed by atoms with Crippen LogP contribution in [0.15, 0.2) is 59.1 Å². The molecule has 0 amide bonds. The summed E-state index contributed by atoms with van der Waals surface area (Å²) in [5.74, 6) is -1.21. The first-order chi connectivity index (χ1) is 10.1. The number of nitrogens with zero attached hydrogens (tertiary/aromatic N) is 1. The molecule has 0 aliphatic carbocycles. The van der Waals surface area contributed by atoms with Crippen molar-refractivity contribution in [1.29, 1.82) is 5.26 Å². The van der Waals surface area contributed by atoms with Crippen LogP contribution in [-0.4, -0.2) is 5.97 Å². The highest BCUT2D eigenvalue weighted by atomic mass is 79.9. The van der Waals surface area contributed by atoms with Crippen LogP contribution in [0.3, 0.4) is 0 Å². The molecule has 0 bridgehead atoms. The maximum absolute atomic E-state index is 14.6. The Hall–Kier alpha value is -2.19. The van der Waals surface area contributed by atoms with Crippen LogP contribution in [-0.2, 0) is 21.8 Å². The van der Waals surface area contributed by atoms with Gasteiger partial charge in [-0.15, -0.1) is 0 Å². The first-order valence-electron chi connectivity index (χ1n) is 6.13. The first kappa shape index (κ1) is 15.2. The van der Waals surface area contributed by atoms with E-state index in [2.05, 4.69) is 15.9 Å². The van der Waals surface area contributed by atoms with Gasteiger partial charge in [0.2, 0.25) is 0 Å². The van der Waals surface area contributed by atoms with Crippen LogP contribution < -0.4 is 0 Å². The summed E-state index contributed by atoms with van der Waals surface area (Å²) in [5.41, 5.74) is -2.14. The minimum atomic E-state index is -2.81. The molecule has 1 atom stereocenters. The number of ether oxygens (including phenoxy) is 1. The molecular formula is C16H11BrFNO2. The summed E-state index contributed by atoms with van der Waals surface area (Å²) in [5, 5.41) is 9.04. The van der Waals surface area contributed by atoms with Crippen LogP contribution in [0.25, 0.3) is 0 Å². The van der Waals surface area contributed by atoms with Gasteiger partial charge in [-0.1, -0.05) is 58.4 Å². The highest BCUT2D eigenvalue weighted by Crippen LogP contribution is 2.28. The van der Waals surface area contributed by atoms with Crippen LogP contribution in [0.1, 0.15) is 11.1 Å². The second-order valence-corrected chi connectivity index (χ2v) is 5.25. The summed E-state index contributed by atoms with van der Waals surface area (Å²) in [6.45, 7) is -0.0798. The highest BCUT2D eigenvalue weighted by Gasteiger charge is 2.43. The highest BCUT2D eigenvalue weighted by molar-refractivity contribution is 9.10. The number of carbonyl (C=O) groups excluding carboxylic acids is 1. The van der Waals surface area contributed by atoms with Gasteiger partial charge < -0.3 is 4.74 Å². The van der Waals surface area contributed by atoms with Crippen molar-refractivity contribution in [3.8, 4) is 6.07 Å². The van der Waals surface area contributed by atoms with Crippen molar-refractivity contribution < 1.29 is 13.9 Å². The van der Waals surface area contributed by atoms with E-state index in [0.717, 1.165) is 10.0 Å². The Morgan fingerprint density at radius 2 is 1.81 bits per heavy atom. The fraction of sp³-hybridized carbons (Fsp3) is 0.125. The molecule has 2 aromatic rings. The van der Waals surface area contributed by atoms with Gasteiger partial charge in [0.05, 0.1) is 0 Å². The Kier molecular flexibility index (Phi) is 4.71. The van der Waals surface area contributed by atoms with Gasteiger partial charge in [0.15, 0.2) is 0 Å². The van der Waals surface area contributed by atoms with Crippen molar-refractivity contribution in [2.24, 2.45) is 0 Å².